The van der Waals surface area contributed by atoms with Crippen LogP contribution in [-0.2, 0) is 6.54 Å². The third-order valence-electron chi connectivity index (χ3n) is 3.89. The Bertz CT molecular complexity index is 366. The van der Waals surface area contributed by atoms with Gasteiger partial charge in [-0.15, -0.1) is 5.10 Å². The van der Waals surface area contributed by atoms with Gasteiger partial charge in [-0.1, -0.05) is 13.8 Å². The highest BCUT2D eigenvalue weighted by atomic mass is 16.5. The van der Waals surface area contributed by atoms with Crippen molar-refractivity contribution in [1.29, 1.82) is 0 Å². The van der Waals surface area contributed by atoms with Gasteiger partial charge in [0.25, 0.3) is 0 Å². The molecule has 0 aromatic carbocycles. The molecule has 0 amide bonds. The molecule has 1 fully saturated rings. The first-order chi connectivity index (χ1) is 8.69. The summed E-state index contributed by atoms with van der Waals surface area (Å²) >= 11 is 0. The number of hydrogen-bond acceptors (Lipinski definition) is 4. The molecule has 1 aliphatic carbocycles. The van der Waals surface area contributed by atoms with Gasteiger partial charge in [-0.05, 0) is 44.2 Å². The predicted molar refractivity (Wildman–Crippen MR) is 71.4 cm³/mol. The predicted octanol–water partition coefficient (Wildman–Crippen LogP) is 2.40. The summed E-state index contributed by atoms with van der Waals surface area (Å²) in [4.78, 5) is 0. The maximum atomic E-state index is 5.91. The third kappa shape index (κ3) is 3.42. The smallest absolute Gasteiger partial charge is 0.233 e. The molecule has 0 spiro atoms. The SMILES string of the molecule is CNCc1ccc(OC2CCC(C)C(C)C2)nn1. The van der Waals surface area contributed by atoms with Crippen LogP contribution in [0.15, 0.2) is 12.1 Å². The lowest BCUT2D eigenvalue weighted by Crippen LogP contribution is -2.29. The van der Waals surface area contributed by atoms with Gasteiger partial charge in [0.15, 0.2) is 0 Å². The van der Waals surface area contributed by atoms with E-state index < -0.39 is 0 Å². The van der Waals surface area contributed by atoms with Crippen LogP contribution in [0.1, 0.15) is 38.8 Å². The van der Waals surface area contributed by atoms with Gasteiger partial charge in [0.2, 0.25) is 5.88 Å². The van der Waals surface area contributed by atoms with E-state index in [2.05, 4.69) is 29.4 Å². The van der Waals surface area contributed by atoms with Gasteiger partial charge < -0.3 is 10.1 Å². The van der Waals surface area contributed by atoms with E-state index in [4.69, 9.17) is 4.74 Å². The number of hydrogen-bond donors (Lipinski definition) is 1. The Morgan fingerprint density at radius 2 is 2.06 bits per heavy atom. The van der Waals surface area contributed by atoms with E-state index in [9.17, 15) is 0 Å². The zero-order valence-electron chi connectivity index (χ0n) is 11.5. The van der Waals surface area contributed by atoms with Crippen LogP contribution in [0, 0.1) is 11.8 Å². The van der Waals surface area contributed by atoms with Gasteiger partial charge >= 0.3 is 0 Å². The fourth-order valence-corrected chi connectivity index (χ4v) is 2.46. The van der Waals surface area contributed by atoms with E-state index in [1.807, 2.05) is 19.2 Å². The standard InChI is InChI=1S/C14H23N3O/c1-10-4-6-13(8-11(10)2)18-14-7-5-12(9-15-3)16-17-14/h5,7,10-11,13,15H,4,6,8-9H2,1-3H3. The van der Waals surface area contributed by atoms with Crippen LogP contribution >= 0.6 is 0 Å². The second-order valence-electron chi connectivity index (χ2n) is 5.40. The molecule has 1 aromatic heterocycles. The number of nitrogens with zero attached hydrogens (tertiary/aromatic N) is 2. The van der Waals surface area contributed by atoms with Crippen molar-refractivity contribution >= 4 is 0 Å². The molecule has 3 atom stereocenters. The van der Waals surface area contributed by atoms with Gasteiger partial charge in [-0.25, -0.2) is 0 Å². The molecule has 1 heterocycles. The maximum Gasteiger partial charge on any atom is 0.233 e. The summed E-state index contributed by atoms with van der Waals surface area (Å²) in [5.41, 5.74) is 0.940. The lowest BCUT2D eigenvalue weighted by atomic mass is 9.80. The Hall–Kier alpha value is -1.16. The molecule has 1 saturated carbocycles. The van der Waals surface area contributed by atoms with Crippen LogP contribution in [0.25, 0.3) is 0 Å². The Kier molecular flexibility index (Phi) is 4.53. The van der Waals surface area contributed by atoms with Gasteiger partial charge in [0, 0.05) is 12.6 Å². The molecule has 1 N–H and O–H groups in total. The van der Waals surface area contributed by atoms with Crippen molar-refractivity contribution in [3.05, 3.63) is 17.8 Å². The molecule has 2 rings (SSSR count). The van der Waals surface area contributed by atoms with Gasteiger partial charge in [-0.3, -0.25) is 0 Å². The Morgan fingerprint density at radius 3 is 2.67 bits per heavy atom. The molecule has 4 nitrogen and oxygen atoms in total. The van der Waals surface area contributed by atoms with E-state index in [0.29, 0.717) is 12.0 Å². The monoisotopic (exact) mass is 249 g/mol. The molecule has 3 unspecified atom stereocenters. The maximum absolute atomic E-state index is 5.91. The summed E-state index contributed by atoms with van der Waals surface area (Å²) in [5.74, 6) is 2.20. The highest BCUT2D eigenvalue weighted by molar-refractivity contribution is 5.11. The molecule has 100 valence electrons. The summed E-state index contributed by atoms with van der Waals surface area (Å²) in [5, 5.41) is 11.3. The zero-order valence-corrected chi connectivity index (χ0v) is 11.5. The average Bonchev–Trinajstić information content (AvgIpc) is 2.37. The molecule has 18 heavy (non-hydrogen) atoms. The van der Waals surface area contributed by atoms with Crippen LogP contribution in [0.5, 0.6) is 5.88 Å². The first-order valence-corrected chi connectivity index (χ1v) is 6.83. The summed E-state index contributed by atoms with van der Waals surface area (Å²) in [7, 11) is 1.90. The highest BCUT2D eigenvalue weighted by Gasteiger charge is 2.25. The molecule has 1 aliphatic rings. The topological polar surface area (TPSA) is 47.0 Å². The average molecular weight is 249 g/mol. The number of ether oxygens (including phenoxy) is 1. The minimum atomic E-state index is 0.306. The van der Waals surface area contributed by atoms with Crippen LogP contribution in [0.4, 0.5) is 0 Å². The Morgan fingerprint density at radius 1 is 1.22 bits per heavy atom. The van der Waals surface area contributed by atoms with Crippen LogP contribution in [0.3, 0.4) is 0 Å². The molecule has 0 bridgehead atoms. The summed E-state index contributed by atoms with van der Waals surface area (Å²) < 4.78 is 5.91. The van der Waals surface area contributed by atoms with Crippen molar-refractivity contribution < 1.29 is 4.74 Å². The van der Waals surface area contributed by atoms with Crippen molar-refractivity contribution in [3.8, 4) is 5.88 Å². The van der Waals surface area contributed by atoms with Gasteiger partial charge in [-0.2, -0.15) is 5.10 Å². The molecule has 0 radical (unpaired) electrons. The van der Waals surface area contributed by atoms with Crippen LogP contribution < -0.4 is 10.1 Å². The minimum Gasteiger partial charge on any atom is -0.473 e. The van der Waals surface area contributed by atoms with Crippen LogP contribution in [0.2, 0.25) is 0 Å². The number of nitrogens with one attached hydrogen (secondary N) is 1. The first kappa shape index (κ1) is 13.3. The summed E-state index contributed by atoms with van der Waals surface area (Å²) in [6.45, 7) is 5.38. The first-order valence-electron chi connectivity index (χ1n) is 6.83. The summed E-state index contributed by atoms with van der Waals surface area (Å²) in [6, 6.07) is 3.89. The normalized spacial score (nSPS) is 28.1. The second kappa shape index (κ2) is 6.14. The van der Waals surface area contributed by atoms with E-state index in [1.54, 1.807) is 0 Å². The van der Waals surface area contributed by atoms with Crippen molar-refractivity contribution in [3.63, 3.8) is 0 Å². The van der Waals surface area contributed by atoms with E-state index in [1.165, 1.54) is 6.42 Å². The fraction of sp³-hybridized carbons (Fsp3) is 0.714. The van der Waals surface area contributed by atoms with E-state index in [-0.39, 0.29) is 0 Å². The zero-order chi connectivity index (χ0) is 13.0. The van der Waals surface area contributed by atoms with E-state index >= 15 is 0 Å². The number of rotatable bonds is 4. The molecular weight excluding hydrogens is 226 g/mol. The van der Waals surface area contributed by atoms with Crippen molar-refractivity contribution in [2.45, 2.75) is 45.8 Å². The van der Waals surface area contributed by atoms with Crippen LogP contribution in [-0.4, -0.2) is 23.3 Å². The molecule has 1 aromatic rings. The van der Waals surface area contributed by atoms with Gasteiger partial charge in [0.1, 0.15) is 6.10 Å². The van der Waals surface area contributed by atoms with E-state index in [0.717, 1.165) is 36.9 Å². The quantitative estimate of drug-likeness (QED) is 0.890. The molecule has 4 heteroatoms. The van der Waals surface area contributed by atoms with Crippen molar-refractivity contribution in [2.24, 2.45) is 11.8 Å². The molecular formula is C14H23N3O. The molecule has 0 aliphatic heterocycles. The van der Waals surface area contributed by atoms with Crippen molar-refractivity contribution in [1.82, 2.24) is 15.5 Å². The Labute approximate surface area is 109 Å². The third-order valence-corrected chi connectivity index (χ3v) is 3.89. The lowest BCUT2D eigenvalue weighted by molar-refractivity contribution is 0.0954. The fourth-order valence-electron chi connectivity index (χ4n) is 2.46. The summed E-state index contributed by atoms with van der Waals surface area (Å²) in [6.07, 6.45) is 3.81. The molecule has 0 saturated heterocycles. The minimum absolute atomic E-state index is 0.306. The second-order valence-corrected chi connectivity index (χ2v) is 5.40. The van der Waals surface area contributed by atoms with Gasteiger partial charge in [0.05, 0.1) is 5.69 Å². The Balaban J connectivity index is 1.89. The lowest BCUT2D eigenvalue weighted by Gasteiger charge is -2.31. The highest BCUT2D eigenvalue weighted by Crippen LogP contribution is 2.31. The van der Waals surface area contributed by atoms with Crippen molar-refractivity contribution in [2.75, 3.05) is 7.05 Å². The largest absolute Gasteiger partial charge is 0.473 e. The number of aromatic nitrogens is 2.